The maximum absolute atomic E-state index is 13.4. The zero-order valence-corrected chi connectivity index (χ0v) is 18.4. The third-order valence-corrected chi connectivity index (χ3v) is 7.11. The number of rotatable bonds is 4. The molecule has 3 aliphatic rings. The number of halogens is 1. The van der Waals surface area contributed by atoms with Crippen molar-refractivity contribution in [1.29, 1.82) is 0 Å². The van der Waals surface area contributed by atoms with Gasteiger partial charge in [-0.25, -0.2) is 4.79 Å². The Labute approximate surface area is 183 Å². The number of fused-ring (bicyclic) bond motifs is 1. The fourth-order valence-corrected chi connectivity index (χ4v) is 5.12. The molecule has 30 heavy (non-hydrogen) atoms. The van der Waals surface area contributed by atoms with Gasteiger partial charge >= 0.3 is 5.69 Å². The van der Waals surface area contributed by atoms with Gasteiger partial charge in [-0.3, -0.25) is 13.9 Å². The second-order valence-corrected chi connectivity index (χ2v) is 9.33. The number of hydrogen-bond donors (Lipinski definition) is 1. The number of piperidine rings is 1. The summed E-state index contributed by atoms with van der Waals surface area (Å²) in [5, 5.41) is 0. The van der Waals surface area contributed by atoms with Gasteiger partial charge in [-0.05, 0) is 62.6 Å². The topological polar surface area (TPSA) is 73.3 Å². The average molecular weight is 433 g/mol. The highest BCUT2D eigenvalue weighted by Crippen LogP contribution is 2.34. The number of aromatic nitrogens is 2. The van der Waals surface area contributed by atoms with Crippen LogP contribution in [0, 0.1) is 5.92 Å². The van der Waals surface area contributed by atoms with Crippen LogP contribution in [0.15, 0.2) is 23.0 Å². The number of carbonyl (C=O) groups is 1. The van der Waals surface area contributed by atoms with Gasteiger partial charge in [0.25, 0.3) is 5.91 Å². The molecule has 2 saturated carbocycles. The first kappa shape index (κ1) is 21.4. The van der Waals surface area contributed by atoms with E-state index in [2.05, 4.69) is 0 Å². The Balaban J connectivity index is 0.00000218. The minimum atomic E-state index is 0. The molecule has 2 heterocycles. The standard InChI is InChI=1S/C23H32N4O2.ClH/c24-18-10-12-25(13-11-18)22(28)17-8-9-20-21(14-17)26(15-16-6-7-16)23(29)27(20)19-4-2-1-3-5-19;/h8-9,14,16,18-19H,1-7,10-13,15,24H2;1H. The summed E-state index contributed by atoms with van der Waals surface area (Å²) in [6.45, 7) is 2.22. The van der Waals surface area contributed by atoms with E-state index < -0.39 is 0 Å². The lowest BCUT2D eigenvalue weighted by Crippen LogP contribution is -2.42. The van der Waals surface area contributed by atoms with E-state index in [0.717, 1.165) is 56.4 Å². The maximum Gasteiger partial charge on any atom is 0.329 e. The summed E-state index contributed by atoms with van der Waals surface area (Å²) in [4.78, 5) is 28.4. The predicted octanol–water partition coefficient (Wildman–Crippen LogP) is 3.70. The molecule has 7 heteroatoms. The van der Waals surface area contributed by atoms with E-state index in [1.165, 1.54) is 32.1 Å². The lowest BCUT2D eigenvalue weighted by Gasteiger charge is -2.30. The number of carbonyl (C=O) groups excluding carboxylic acids is 1. The van der Waals surface area contributed by atoms with Crippen molar-refractivity contribution in [3.8, 4) is 0 Å². The van der Waals surface area contributed by atoms with E-state index in [-0.39, 0.29) is 30.0 Å². The summed E-state index contributed by atoms with van der Waals surface area (Å²) < 4.78 is 3.98. The third-order valence-electron chi connectivity index (χ3n) is 7.11. The molecule has 1 aliphatic heterocycles. The smallest absolute Gasteiger partial charge is 0.329 e. The largest absolute Gasteiger partial charge is 0.339 e. The zero-order valence-electron chi connectivity index (χ0n) is 17.6. The number of nitrogens with zero attached hydrogens (tertiary/aromatic N) is 3. The second-order valence-electron chi connectivity index (χ2n) is 9.33. The Morgan fingerprint density at radius 1 is 0.967 bits per heavy atom. The van der Waals surface area contributed by atoms with Gasteiger partial charge in [-0.1, -0.05) is 19.3 Å². The molecule has 6 nitrogen and oxygen atoms in total. The minimum Gasteiger partial charge on any atom is -0.339 e. The first-order valence-corrected chi connectivity index (χ1v) is 11.4. The quantitative estimate of drug-likeness (QED) is 0.800. The van der Waals surface area contributed by atoms with Crippen LogP contribution < -0.4 is 11.4 Å². The van der Waals surface area contributed by atoms with Crippen LogP contribution in [-0.2, 0) is 6.54 Å². The van der Waals surface area contributed by atoms with Crippen molar-refractivity contribution >= 4 is 29.3 Å². The molecule has 0 unspecified atom stereocenters. The molecule has 1 amide bonds. The number of imidazole rings is 1. The Kier molecular flexibility index (Phi) is 6.26. The molecule has 2 aromatic rings. The fraction of sp³-hybridized carbons (Fsp3) is 0.652. The molecule has 1 aromatic heterocycles. The molecule has 164 valence electrons. The number of amides is 1. The summed E-state index contributed by atoms with van der Waals surface area (Å²) in [5.41, 5.74) is 8.74. The van der Waals surface area contributed by atoms with Gasteiger partial charge in [0.05, 0.1) is 11.0 Å². The molecule has 0 bridgehead atoms. The van der Waals surface area contributed by atoms with Gasteiger partial charge in [-0.2, -0.15) is 0 Å². The summed E-state index contributed by atoms with van der Waals surface area (Å²) in [5.74, 6) is 0.677. The number of likely N-dealkylation sites (tertiary alicyclic amines) is 1. The van der Waals surface area contributed by atoms with E-state index in [1.807, 2.05) is 32.2 Å². The predicted molar refractivity (Wildman–Crippen MR) is 121 cm³/mol. The normalized spacial score (nSPS) is 21.0. The van der Waals surface area contributed by atoms with Gasteiger partial charge in [0.15, 0.2) is 0 Å². The van der Waals surface area contributed by atoms with E-state index in [1.54, 1.807) is 0 Å². The molecule has 5 rings (SSSR count). The van der Waals surface area contributed by atoms with Gasteiger partial charge in [0.2, 0.25) is 0 Å². The monoisotopic (exact) mass is 432 g/mol. The van der Waals surface area contributed by atoms with E-state index in [4.69, 9.17) is 5.73 Å². The van der Waals surface area contributed by atoms with Gasteiger partial charge < -0.3 is 10.6 Å². The Hall–Kier alpha value is -1.79. The zero-order chi connectivity index (χ0) is 20.0. The van der Waals surface area contributed by atoms with E-state index >= 15 is 0 Å². The first-order valence-electron chi connectivity index (χ1n) is 11.4. The number of benzene rings is 1. The van der Waals surface area contributed by atoms with Crippen LogP contribution in [0.1, 0.15) is 74.2 Å². The molecule has 1 aromatic carbocycles. The average Bonchev–Trinajstić information content (AvgIpc) is 3.53. The van der Waals surface area contributed by atoms with E-state index in [9.17, 15) is 9.59 Å². The van der Waals surface area contributed by atoms with Crippen molar-refractivity contribution in [2.45, 2.75) is 76.4 Å². The summed E-state index contributed by atoms with van der Waals surface area (Å²) >= 11 is 0. The first-order chi connectivity index (χ1) is 14.1. The van der Waals surface area contributed by atoms with Crippen LogP contribution in [0.2, 0.25) is 0 Å². The van der Waals surface area contributed by atoms with E-state index in [0.29, 0.717) is 17.5 Å². The second kappa shape index (κ2) is 8.75. The van der Waals surface area contributed by atoms with Crippen LogP contribution in [-0.4, -0.2) is 39.1 Å². The summed E-state index contributed by atoms with van der Waals surface area (Å²) in [7, 11) is 0. The molecule has 1 saturated heterocycles. The van der Waals surface area contributed by atoms with Crippen molar-refractivity contribution in [3.05, 3.63) is 34.2 Å². The minimum absolute atomic E-state index is 0. The Morgan fingerprint density at radius 2 is 1.67 bits per heavy atom. The Bertz CT molecular complexity index is 963. The van der Waals surface area contributed by atoms with Crippen molar-refractivity contribution in [2.24, 2.45) is 11.7 Å². The molecule has 0 radical (unpaired) electrons. The van der Waals surface area contributed by atoms with Crippen LogP contribution >= 0.6 is 12.4 Å². The van der Waals surface area contributed by atoms with Gasteiger partial charge in [0, 0.05) is 37.3 Å². The molecular formula is C23H33ClN4O2. The molecule has 3 fully saturated rings. The van der Waals surface area contributed by atoms with Crippen LogP contribution in [0.4, 0.5) is 0 Å². The highest BCUT2D eigenvalue weighted by Gasteiger charge is 2.28. The maximum atomic E-state index is 13.4. The van der Waals surface area contributed by atoms with Crippen molar-refractivity contribution in [1.82, 2.24) is 14.0 Å². The molecule has 0 atom stereocenters. The van der Waals surface area contributed by atoms with Gasteiger partial charge in [0.1, 0.15) is 0 Å². The van der Waals surface area contributed by atoms with Crippen molar-refractivity contribution in [2.75, 3.05) is 13.1 Å². The third kappa shape index (κ3) is 4.04. The van der Waals surface area contributed by atoms with Crippen LogP contribution in [0.5, 0.6) is 0 Å². The highest BCUT2D eigenvalue weighted by molar-refractivity contribution is 5.97. The Morgan fingerprint density at radius 3 is 2.33 bits per heavy atom. The SMILES string of the molecule is Cl.NC1CCN(C(=O)c2ccc3c(c2)n(CC2CC2)c(=O)n3C2CCCCC2)CC1. The fourth-order valence-electron chi connectivity index (χ4n) is 5.12. The van der Waals surface area contributed by atoms with Crippen LogP contribution in [0.25, 0.3) is 11.0 Å². The van der Waals surface area contributed by atoms with Crippen molar-refractivity contribution in [3.63, 3.8) is 0 Å². The lowest BCUT2D eigenvalue weighted by molar-refractivity contribution is 0.0715. The summed E-state index contributed by atoms with van der Waals surface area (Å²) in [6, 6.07) is 6.39. The van der Waals surface area contributed by atoms with Crippen LogP contribution in [0.3, 0.4) is 0 Å². The van der Waals surface area contributed by atoms with Gasteiger partial charge in [-0.15, -0.1) is 12.4 Å². The molecule has 2 N–H and O–H groups in total. The highest BCUT2D eigenvalue weighted by atomic mass is 35.5. The van der Waals surface area contributed by atoms with Crippen molar-refractivity contribution < 1.29 is 4.79 Å². The lowest BCUT2D eigenvalue weighted by atomic mass is 9.95. The summed E-state index contributed by atoms with van der Waals surface area (Å²) in [6.07, 6.45) is 9.94. The molecule has 2 aliphatic carbocycles. The molecule has 0 spiro atoms. The number of nitrogens with two attached hydrogens (primary N) is 1. The molecular weight excluding hydrogens is 400 g/mol. The number of hydrogen-bond acceptors (Lipinski definition) is 3.